The van der Waals surface area contributed by atoms with Crippen molar-refractivity contribution in [2.45, 2.75) is 31.8 Å². The topological polar surface area (TPSA) is 41.6 Å². The smallest absolute Gasteiger partial charge is 0.253 e. The Morgan fingerprint density at radius 2 is 1.75 bits per heavy atom. The van der Waals surface area contributed by atoms with Crippen LogP contribution in [-0.2, 0) is 0 Å². The van der Waals surface area contributed by atoms with Crippen molar-refractivity contribution < 1.29 is 9.53 Å². The van der Waals surface area contributed by atoms with Crippen LogP contribution in [0.2, 0.25) is 0 Å². The van der Waals surface area contributed by atoms with Gasteiger partial charge in [0.25, 0.3) is 5.91 Å². The van der Waals surface area contributed by atoms with Gasteiger partial charge in [-0.1, -0.05) is 0 Å². The van der Waals surface area contributed by atoms with Gasteiger partial charge in [-0.3, -0.25) is 4.79 Å². The zero-order valence-corrected chi connectivity index (χ0v) is 11.8. The molecule has 0 spiro atoms. The molecule has 4 nitrogen and oxygen atoms in total. The molecule has 0 saturated carbocycles. The minimum atomic E-state index is 0.149. The molecule has 0 unspecified atom stereocenters. The molecule has 1 aromatic carbocycles. The average molecular weight is 274 g/mol. The summed E-state index contributed by atoms with van der Waals surface area (Å²) in [6, 6.07) is 7.62. The Morgan fingerprint density at radius 1 is 1.10 bits per heavy atom. The molecule has 2 aliphatic rings. The van der Waals surface area contributed by atoms with E-state index < -0.39 is 0 Å². The summed E-state index contributed by atoms with van der Waals surface area (Å²) < 4.78 is 5.95. The van der Waals surface area contributed by atoms with Gasteiger partial charge in [0.15, 0.2) is 0 Å². The zero-order valence-electron chi connectivity index (χ0n) is 11.8. The van der Waals surface area contributed by atoms with E-state index in [9.17, 15) is 4.79 Å². The van der Waals surface area contributed by atoms with Crippen molar-refractivity contribution in [3.8, 4) is 5.75 Å². The Hall–Kier alpha value is -1.55. The van der Waals surface area contributed by atoms with E-state index in [1.807, 2.05) is 29.2 Å². The summed E-state index contributed by atoms with van der Waals surface area (Å²) in [7, 11) is 0. The largest absolute Gasteiger partial charge is 0.490 e. The molecule has 2 saturated heterocycles. The van der Waals surface area contributed by atoms with Gasteiger partial charge in [0, 0.05) is 18.7 Å². The van der Waals surface area contributed by atoms with Gasteiger partial charge in [0.1, 0.15) is 11.9 Å². The van der Waals surface area contributed by atoms with E-state index in [1.165, 1.54) is 0 Å². The van der Waals surface area contributed by atoms with Gasteiger partial charge in [-0.15, -0.1) is 0 Å². The molecule has 0 aromatic heterocycles. The second-order valence-corrected chi connectivity index (χ2v) is 5.59. The lowest BCUT2D eigenvalue weighted by atomic mass is 10.1. The Morgan fingerprint density at radius 3 is 2.40 bits per heavy atom. The fourth-order valence-corrected chi connectivity index (χ4v) is 2.88. The third-order valence-electron chi connectivity index (χ3n) is 4.08. The van der Waals surface area contributed by atoms with E-state index in [4.69, 9.17) is 4.74 Å². The highest BCUT2D eigenvalue weighted by Crippen LogP contribution is 2.19. The summed E-state index contributed by atoms with van der Waals surface area (Å²) in [5.74, 6) is 1.02. The van der Waals surface area contributed by atoms with Crippen molar-refractivity contribution >= 4 is 5.91 Å². The summed E-state index contributed by atoms with van der Waals surface area (Å²) in [5.41, 5.74) is 0.768. The molecule has 1 N–H and O–H groups in total. The number of hydrogen-bond acceptors (Lipinski definition) is 3. The SMILES string of the molecule is O=C(c1ccc(OC2CCNCC2)cc1)N1CCCC1. The van der Waals surface area contributed by atoms with Crippen LogP contribution in [0.3, 0.4) is 0 Å². The van der Waals surface area contributed by atoms with E-state index in [-0.39, 0.29) is 5.91 Å². The van der Waals surface area contributed by atoms with E-state index in [1.54, 1.807) is 0 Å². The van der Waals surface area contributed by atoms with Gasteiger partial charge in [-0.2, -0.15) is 0 Å². The third kappa shape index (κ3) is 3.12. The average Bonchev–Trinajstić information content (AvgIpc) is 3.03. The Balaban J connectivity index is 1.60. The number of rotatable bonds is 3. The van der Waals surface area contributed by atoms with E-state index in [0.29, 0.717) is 6.10 Å². The van der Waals surface area contributed by atoms with Crippen molar-refractivity contribution in [2.75, 3.05) is 26.2 Å². The summed E-state index contributed by atoms with van der Waals surface area (Å²) in [4.78, 5) is 14.2. The molecule has 0 atom stereocenters. The van der Waals surface area contributed by atoms with Crippen LogP contribution in [-0.4, -0.2) is 43.1 Å². The first kappa shape index (κ1) is 13.4. The van der Waals surface area contributed by atoms with Crippen molar-refractivity contribution in [3.05, 3.63) is 29.8 Å². The predicted octanol–water partition coefficient (Wildman–Crippen LogP) is 2.05. The second kappa shape index (κ2) is 6.27. The molecule has 0 aliphatic carbocycles. The molecule has 0 radical (unpaired) electrons. The normalized spacial score (nSPS) is 20.1. The number of hydrogen-bond donors (Lipinski definition) is 1. The monoisotopic (exact) mass is 274 g/mol. The van der Waals surface area contributed by atoms with Crippen LogP contribution in [0.1, 0.15) is 36.0 Å². The van der Waals surface area contributed by atoms with Crippen molar-refractivity contribution in [2.24, 2.45) is 0 Å². The van der Waals surface area contributed by atoms with Gasteiger partial charge in [0.05, 0.1) is 0 Å². The van der Waals surface area contributed by atoms with Crippen LogP contribution in [0.15, 0.2) is 24.3 Å². The Kier molecular flexibility index (Phi) is 4.21. The number of nitrogens with one attached hydrogen (secondary N) is 1. The van der Waals surface area contributed by atoms with Gasteiger partial charge >= 0.3 is 0 Å². The van der Waals surface area contributed by atoms with Crippen LogP contribution in [0.5, 0.6) is 5.75 Å². The molecular weight excluding hydrogens is 252 g/mol. The number of benzene rings is 1. The quantitative estimate of drug-likeness (QED) is 0.917. The predicted molar refractivity (Wildman–Crippen MR) is 78.1 cm³/mol. The minimum Gasteiger partial charge on any atom is -0.490 e. The van der Waals surface area contributed by atoms with Crippen LogP contribution >= 0.6 is 0 Å². The molecule has 2 heterocycles. The highest BCUT2D eigenvalue weighted by atomic mass is 16.5. The van der Waals surface area contributed by atoms with E-state index >= 15 is 0 Å². The molecule has 1 aromatic rings. The van der Waals surface area contributed by atoms with Gasteiger partial charge in [0.2, 0.25) is 0 Å². The third-order valence-corrected chi connectivity index (χ3v) is 4.08. The standard InChI is InChI=1S/C16H22N2O2/c19-16(18-11-1-2-12-18)13-3-5-14(6-4-13)20-15-7-9-17-10-8-15/h3-6,15,17H,1-2,7-12H2. The number of carbonyl (C=O) groups is 1. The molecule has 4 heteroatoms. The number of ether oxygens (including phenoxy) is 1. The lowest BCUT2D eigenvalue weighted by Crippen LogP contribution is -2.34. The highest BCUT2D eigenvalue weighted by Gasteiger charge is 2.19. The fourth-order valence-electron chi connectivity index (χ4n) is 2.88. The number of amides is 1. The lowest BCUT2D eigenvalue weighted by Gasteiger charge is -2.24. The Bertz CT molecular complexity index is 446. The Labute approximate surface area is 120 Å². The number of piperidine rings is 1. The summed E-state index contributed by atoms with van der Waals surface area (Å²) >= 11 is 0. The minimum absolute atomic E-state index is 0.149. The summed E-state index contributed by atoms with van der Waals surface area (Å²) in [6.45, 7) is 3.84. The fraction of sp³-hybridized carbons (Fsp3) is 0.562. The number of likely N-dealkylation sites (tertiary alicyclic amines) is 1. The van der Waals surface area contributed by atoms with Crippen molar-refractivity contribution in [3.63, 3.8) is 0 Å². The first-order valence-electron chi connectivity index (χ1n) is 7.59. The molecule has 0 bridgehead atoms. The van der Waals surface area contributed by atoms with Gasteiger partial charge in [-0.05, 0) is 63.0 Å². The lowest BCUT2D eigenvalue weighted by molar-refractivity contribution is 0.0792. The maximum absolute atomic E-state index is 12.2. The molecule has 108 valence electrons. The number of nitrogens with zero attached hydrogens (tertiary/aromatic N) is 1. The molecule has 2 aliphatic heterocycles. The summed E-state index contributed by atoms with van der Waals surface area (Å²) in [5, 5.41) is 3.33. The summed E-state index contributed by atoms with van der Waals surface area (Å²) in [6.07, 6.45) is 4.66. The zero-order chi connectivity index (χ0) is 13.8. The van der Waals surface area contributed by atoms with Crippen LogP contribution in [0.25, 0.3) is 0 Å². The maximum atomic E-state index is 12.2. The van der Waals surface area contributed by atoms with Gasteiger partial charge in [-0.25, -0.2) is 0 Å². The first-order chi connectivity index (χ1) is 9.83. The maximum Gasteiger partial charge on any atom is 0.253 e. The molecule has 3 rings (SSSR count). The highest BCUT2D eigenvalue weighted by molar-refractivity contribution is 5.94. The van der Waals surface area contributed by atoms with E-state index in [0.717, 1.165) is 63.2 Å². The molecule has 20 heavy (non-hydrogen) atoms. The molecule has 1 amide bonds. The first-order valence-corrected chi connectivity index (χ1v) is 7.59. The van der Waals surface area contributed by atoms with Crippen molar-refractivity contribution in [1.29, 1.82) is 0 Å². The van der Waals surface area contributed by atoms with E-state index in [2.05, 4.69) is 5.32 Å². The second-order valence-electron chi connectivity index (χ2n) is 5.59. The molecular formula is C16H22N2O2. The van der Waals surface area contributed by atoms with Crippen molar-refractivity contribution in [1.82, 2.24) is 10.2 Å². The van der Waals surface area contributed by atoms with Crippen LogP contribution in [0, 0.1) is 0 Å². The molecule has 2 fully saturated rings. The van der Waals surface area contributed by atoms with Gasteiger partial charge < -0.3 is 15.0 Å². The number of carbonyl (C=O) groups excluding carboxylic acids is 1. The van der Waals surface area contributed by atoms with Crippen LogP contribution < -0.4 is 10.1 Å². The van der Waals surface area contributed by atoms with Crippen LogP contribution in [0.4, 0.5) is 0 Å².